The van der Waals surface area contributed by atoms with Crippen molar-refractivity contribution in [3.8, 4) is 33.4 Å². The molecule has 4 N–H and O–H groups in total. The Labute approximate surface area is 510 Å². The molecule has 17 heteroatoms. The number of benzene rings is 4. The quantitative estimate of drug-likeness (QED) is 0.0221. The van der Waals surface area contributed by atoms with E-state index in [1.165, 1.54) is 88.0 Å². The fourth-order valence-electron chi connectivity index (χ4n) is 11.2. The number of rotatable bonds is 18. The number of thiocarbonyl (C=S) groups is 1. The molecule has 4 fully saturated rings. The number of allylic oxidation sites excluding steroid dienone is 1. The standard InChI is InChI=1S/C33H30F4N2OS.C30H45N5O2S.C5H10O/c1-4-5-6-8-24-15-17-26(20-27(24)33(35,36)37)38-30(40)32(2,3)39(31(38)41)29-18-16-25(19-28(29)34)23-13-11-22(12-14-23)21-9-7-10-21;1-20-29(38-19-33-20)23-12-10-21(11-13-23)15-32-28(22-8-6-7-9-22)25-14-24(36)17-35(25)18-26(30(2,3)4)34-27(37)16-31-5;1-2-3-4-5-6/h11-21H,4-5,7,9-10H2,1-3H3;10-13,19,24-26,31-32,36H,6-9,14-18H2,1-5H3,(H,34,37);5H,2-4H2,1H3/t;24-,25+,26-;/m.1./s1. The molecule has 0 unspecified atom stereocenters. The maximum Gasteiger partial charge on any atom is 0.417 e. The van der Waals surface area contributed by atoms with E-state index in [1.54, 1.807) is 44.4 Å². The molecular formula is C68H85F4N7O4S2. The number of nitrogens with one attached hydrogen (secondary N) is 3. The summed E-state index contributed by atoms with van der Waals surface area (Å²) in [5.41, 5.74) is 8.48. The zero-order valence-corrected chi connectivity index (χ0v) is 52.5. The minimum atomic E-state index is -4.69. The van der Waals surface area contributed by atoms with Gasteiger partial charge < -0.3 is 30.8 Å². The molecular weight excluding hydrogens is 1120 g/mol. The molecule has 85 heavy (non-hydrogen) atoms. The van der Waals surface area contributed by atoms with Gasteiger partial charge in [0.25, 0.3) is 5.91 Å². The summed E-state index contributed by atoms with van der Waals surface area (Å²) in [5, 5.41) is 20.7. The summed E-state index contributed by atoms with van der Waals surface area (Å²) in [7, 11) is 1.79. The molecule has 3 atom stereocenters. The number of hydrogen-bond donors (Lipinski definition) is 4. The van der Waals surface area contributed by atoms with Gasteiger partial charge >= 0.3 is 6.18 Å². The predicted molar refractivity (Wildman–Crippen MR) is 340 cm³/mol. The number of carbonyl (C=O) groups excluding carboxylic acids is 3. The minimum absolute atomic E-state index is 0.00758. The first kappa shape index (κ1) is 66.2. The summed E-state index contributed by atoms with van der Waals surface area (Å²) in [6.07, 6.45) is 9.03. The van der Waals surface area contributed by atoms with Gasteiger partial charge in [0.15, 0.2) is 5.11 Å². The molecule has 456 valence electrons. The van der Waals surface area contributed by atoms with E-state index in [9.17, 15) is 32.7 Å². The minimum Gasteiger partial charge on any atom is -0.392 e. The summed E-state index contributed by atoms with van der Waals surface area (Å²) < 4.78 is 57.5. The summed E-state index contributed by atoms with van der Waals surface area (Å²) in [6, 6.07) is 25.2. The fourth-order valence-corrected chi connectivity index (χ4v) is 12.6. The number of alkyl halides is 3. The van der Waals surface area contributed by atoms with Crippen molar-refractivity contribution in [1.29, 1.82) is 0 Å². The van der Waals surface area contributed by atoms with Crippen molar-refractivity contribution in [2.75, 3.05) is 36.5 Å². The highest BCUT2D eigenvalue weighted by Crippen LogP contribution is 2.42. The lowest BCUT2D eigenvalue weighted by Crippen LogP contribution is -2.53. The van der Waals surface area contributed by atoms with Crippen molar-refractivity contribution >= 4 is 58.1 Å². The molecule has 5 aromatic rings. The number of amides is 2. The number of nitrogens with zero attached hydrogens (tertiary/aromatic N) is 4. The van der Waals surface area contributed by atoms with Crippen LogP contribution in [0, 0.1) is 30.0 Å². The first-order valence-electron chi connectivity index (χ1n) is 30.0. The third-order valence-corrected chi connectivity index (χ3v) is 17.7. The van der Waals surface area contributed by atoms with Crippen LogP contribution in [0.2, 0.25) is 0 Å². The first-order chi connectivity index (χ1) is 40.5. The largest absolute Gasteiger partial charge is 0.417 e. The number of carbonyl (C=O) groups is 3. The van der Waals surface area contributed by atoms with E-state index >= 15 is 4.39 Å². The van der Waals surface area contributed by atoms with Gasteiger partial charge in [-0.1, -0.05) is 114 Å². The SMILES string of the molecule is CCCC#Cc1ccc(N2C(=O)C(C)(C)N(c3ccc(-c4ccc(C5CCC5)cc4)cc3F)C2=S)cc1C(F)(F)F.CCCCC=O.CNCC(=O)N[C@H](CN1C[C@H](O)C[C@H]1C(NCc1ccc(-c2scnc2C)cc1)=C1CCCC1)C(C)(C)C. The molecule has 0 radical (unpaired) electrons. The van der Waals surface area contributed by atoms with Crippen LogP contribution in [0.25, 0.3) is 21.6 Å². The molecule has 0 bridgehead atoms. The van der Waals surface area contributed by atoms with Crippen LogP contribution in [0.4, 0.5) is 28.9 Å². The number of anilines is 2. The third kappa shape index (κ3) is 16.8. The van der Waals surface area contributed by atoms with Crippen molar-refractivity contribution in [3.05, 3.63) is 135 Å². The van der Waals surface area contributed by atoms with Crippen LogP contribution in [-0.4, -0.2) is 88.6 Å². The number of β-amino-alcohol motifs (C(OH)–C–C–N with tert-alkyl or cyclic N) is 1. The number of aldehydes is 1. The highest BCUT2D eigenvalue weighted by atomic mass is 32.1. The maximum absolute atomic E-state index is 15.7. The van der Waals surface area contributed by atoms with E-state index in [0.717, 1.165) is 80.0 Å². The normalized spacial score (nSPS) is 18.2. The predicted octanol–water partition coefficient (Wildman–Crippen LogP) is 14.4. The van der Waals surface area contributed by atoms with Gasteiger partial charge in [0.2, 0.25) is 5.91 Å². The van der Waals surface area contributed by atoms with Gasteiger partial charge in [-0.3, -0.25) is 19.4 Å². The average molecular weight is 1200 g/mol. The number of thiazole rings is 1. The van der Waals surface area contributed by atoms with Crippen molar-refractivity contribution in [2.24, 2.45) is 5.41 Å². The number of aliphatic hydroxyl groups is 1. The number of likely N-dealkylation sites (N-methyl/N-ethyl adjacent to an activating group) is 1. The number of unbranched alkanes of at least 4 members (excludes halogenated alkanes) is 3. The van der Waals surface area contributed by atoms with Gasteiger partial charge in [-0.2, -0.15) is 13.2 Å². The van der Waals surface area contributed by atoms with Gasteiger partial charge in [0, 0.05) is 49.8 Å². The van der Waals surface area contributed by atoms with Crippen LogP contribution >= 0.6 is 23.6 Å². The smallest absolute Gasteiger partial charge is 0.392 e. The topological polar surface area (TPSA) is 130 Å². The molecule has 11 nitrogen and oxygen atoms in total. The molecule has 2 aliphatic carbocycles. The molecule has 2 saturated heterocycles. The molecule has 2 saturated carbocycles. The number of aryl methyl sites for hydroxylation is 1. The first-order valence-corrected chi connectivity index (χ1v) is 31.3. The summed E-state index contributed by atoms with van der Waals surface area (Å²) in [6.45, 7) is 18.1. The molecule has 4 aromatic carbocycles. The Bertz CT molecular complexity index is 3180. The average Bonchev–Trinajstić information content (AvgIpc) is 1.81. The Morgan fingerprint density at radius 2 is 1.62 bits per heavy atom. The van der Waals surface area contributed by atoms with Crippen LogP contribution in [-0.2, 0) is 27.1 Å². The Kier molecular flexibility index (Phi) is 23.3. The highest BCUT2D eigenvalue weighted by Gasteiger charge is 2.51. The zero-order chi connectivity index (χ0) is 61.6. The Morgan fingerprint density at radius 1 is 0.941 bits per heavy atom. The second kappa shape index (κ2) is 29.9. The van der Waals surface area contributed by atoms with Crippen LogP contribution in [0.1, 0.15) is 166 Å². The van der Waals surface area contributed by atoms with E-state index in [0.29, 0.717) is 37.5 Å². The summed E-state index contributed by atoms with van der Waals surface area (Å²) in [5.74, 6) is 4.78. The number of aromatic nitrogens is 1. The van der Waals surface area contributed by atoms with E-state index in [4.69, 9.17) is 12.2 Å². The van der Waals surface area contributed by atoms with Crippen LogP contribution in [0.3, 0.4) is 0 Å². The molecule has 2 aliphatic heterocycles. The number of halogens is 4. The molecule has 1 aromatic heterocycles. The number of hydrogen-bond acceptors (Lipinski definition) is 10. The monoisotopic (exact) mass is 1200 g/mol. The molecule has 9 rings (SSSR count). The molecule has 4 aliphatic rings. The van der Waals surface area contributed by atoms with Gasteiger partial charge in [0.1, 0.15) is 17.6 Å². The van der Waals surface area contributed by atoms with Crippen LogP contribution < -0.4 is 25.8 Å². The van der Waals surface area contributed by atoms with Gasteiger partial charge in [0.05, 0.1) is 51.7 Å². The fraction of sp³-hybridized carbons (Fsp3) is 0.485. The van der Waals surface area contributed by atoms with Crippen molar-refractivity contribution in [3.63, 3.8) is 0 Å². The van der Waals surface area contributed by atoms with E-state index < -0.39 is 29.0 Å². The van der Waals surface area contributed by atoms with Crippen molar-refractivity contribution < 1.29 is 37.1 Å². The van der Waals surface area contributed by atoms with Crippen LogP contribution in [0.5, 0.6) is 0 Å². The number of aliphatic hydroxyl groups excluding tert-OH is 1. The second-order valence-electron chi connectivity index (χ2n) is 24.2. The summed E-state index contributed by atoms with van der Waals surface area (Å²) >= 11 is 7.28. The second-order valence-corrected chi connectivity index (χ2v) is 25.5. The van der Waals surface area contributed by atoms with Crippen molar-refractivity contribution in [1.82, 2.24) is 25.8 Å². The highest BCUT2D eigenvalue weighted by molar-refractivity contribution is 7.81. The lowest BCUT2D eigenvalue weighted by molar-refractivity contribution is -0.137. The Balaban J connectivity index is 0.000000223. The van der Waals surface area contributed by atoms with E-state index in [-0.39, 0.29) is 51.6 Å². The Hall–Kier alpha value is -6.29. The molecule has 2 amide bonds. The van der Waals surface area contributed by atoms with E-state index in [1.807, 2.05) is 24.6 Å². The third-order valence-electron chi connectivity index (χ3n) is 16.4. The van der Waals surface area contributed by atoms with Crippen LogP contribution in [0.15, 0.2) is 102 Å². The maximum atomic E-state index is 15.7. The lowest BCUT2D eigenvalue weighted by atomic mass is 9.80. The van der Waals surface area contributed by atoms with Gasteiger partial charge in [-0.05, 0) is 173 Å². The molecule has 0 spiro atoms. The zero-order valence-electron chi connectivity index (χ0n) is 50.9. The van der Waals surface area contributed by atoms with Crippen molar-refractivity contribution in [2.45, 2.75) is 181 Å². The van der Waals surface area contributed by atoms with Gasteiger partial charge in [-0.15, -0.1) is 11.3 Å². The Morgan fingerprint density at radius 3 is 2.19 bits per heavy atom. The number of likely N-dealkylation sites (tertiary alicyclic amines) is 1. The summed E-state index contributed by atoms with van der Waals surface area (Å²) in [4.78, 5) is 46.0. The molecule has 3 heterocycles. The van der Waals surface area contributed by atoms with Gasteiger partial charge in [-0.25, -0.2) is 9.37 Å². The lowest BCUT2D eigenvalue weighted by Gasteiger charge is -2.37. The van der Waals surface area contributed by atoms with E-state index in [2.05, 4.69) is 109 Å².